The van der Waals surface area contributed by atoms with E-state index in [1.807, 2.05) is 29.6 Å². The van der Waals surface area contributed by atoms with Gasteiger partial charge in [-0.1, -0.05) is 23.9 Å². The second-order valence-electron chi connectivity index (χ2n) is 4.42. The van der Waals surface area contributed by atoms with Crippen LogP contribution in [0.5, 0.6) is 5.75 Å². The van der Waals surface area contributed by atoms with Crippen LogP contribution in [0.2, 0.25) is 0 Å². The van der Waals surface area contributed by atoms with E-state index in [-0.39, 0.29) is 5.78 Å². The molecule has 1 atom stereocenters. The minimum Gasteiger partial charge on any atom is -0.497 e. The molecule has 0 amide bonds. The van der Waals surface area contributed by atoms with Crippen LogP contribution in [-0.2, 0) is 4.79 Å². The summed E-state index contributed by atoms with van der Waals surface area (Å²) in [5.74, 6) is 0.154. The van der Waals surface area contributed by atoms with Gasteiger partial charge >= 0.3 is 0 Å². The predicted molar refractivity (Wildman–Crippen MR) is 86.2 cm³/mol. The molecule has 4 nitrogen and oxygen atoms in total. The molecule has 1 aromatic carbocycles. The third-order valence-corrected chi connectivity index (χ3v) is 4.91. The molecule has 0 aliphatic carbocycles. The number of rotatable bonds is 3. The summed E-state index contributed by atoms with van der Waals surface area (Å²) in [4.78, 5) is 17.2. The first-order valence-electron chi connectivity index (χ1n) is 6.24. The van der Waals surface area contributed by atoms with Gasteiger partial charge in [0.25, 0.3) is 0 Å². The maximum atomic E-state index is 12.5. The lowest BCUT2D eigenvalue weighted by Crippen LogP contribution is -2.11. The molecule has 1 unspecified atom stereocenters. The Morgan fingerprint density at radius 3 is 3.00 bits per heavy atom. The monoisotopic (exact) mass is 316 g/mol. The molecule has 0 saturated carbocycles. The fourth-order valence-electron chi connectivity index (χ4n) is 2.07. The van der Waals surface area contributed by atoms with Crippen LogP contribution in [0.15, 0.2) is 40.7 Å². The molecule has 1 fully saturated rings. The highest BCUT2D eigenvalue weighted by molar-refractivity contribution is 8.19. The molecule has 3 rings (SSSR count). The van der Waals surface area contributed by atoms with E-state index in [9.17, 15) is 4.79 Å². The van der Waals surface area contributed by atoms with Gasteiger partial charge in [0.15, 0.2) is 5.78 Å². The molecular formula is C15H12N2O2S2. The SMILES string of the molecule is COc1cccc(C=C2SC(=N)C(c3nccs3)C2=O)c1. The van der Waals surface area contributed by atoms with Crippen molar-refractivity contribution in [3.63, 3.8) is 0 Å². The van der Waals surface area contributed by atoms with E-state index in [4.69, 9.17) is 10.1 Å². The normalized spacial score (nSPS) is 20.2. The number of Topliss-reactive ketones (excluding diaryl/α,β-unsaturated/α-hetero) is 1. The fraction of sp³-hybridized carbons (Fsp3) is 0.133. The fourth-order valence-corrected chi connectivity index (χ4v) is 3.88. The predicted octanol–water partition coefficient (Wildman–Crippen LogP) is 3.57. The summed E-state index contributed by atoms with van der Waals surface area (Å²) in [6.45, 7) is 0. The zero-order valence-corrected chi connectivity index (χ0v) is 12.8. The topological polar surface area (TPSA) is 63.0 Å². The third kappa shape index (κ3) is 2.77. The first kappa shape index (κ1) is 14.0. The zero-order chi connectivity index (χ0) is 14.8. The number of allylic oxidation sites excluding steroid dienone is 1. The highest BCUT2D eigenvalue weighted by atomic mass is 32.2. The lowest BCUT2D eigenvalue weighted by atomic mass is 10.1. The van der Waals surface area contributed by atoms with Crippen LogP contribution < -0.4 is 4.74 Å². The van der Waals surface area contributed by atoms with Crippen molar-refractivity contribution in [1.29, 1.82) is 5.41 Å². The number of methoxy groups -OCH3 is 1. The van der Waals surface area contributed by atoms with E-state index in [1.54, 1.807) is 19.4 Å². The zero-order valence-electron chi connectivity index (χ0n) is 11.2. The highest BCUT2D eigenvalue weighted by Gasteiger charge is 2.38. The quantitative estimate of drug-likeness (QED) is 0.879. The number of hydrogen-bond acceptors (Lipinski definition) is 6. The van der Waals surface area contributed by atoms with Crippen LogP contribution in [0, 0.1) is 5.41 Å². The van der Waals surface area contributed by atoms with Gasteiger partial charge in [0.1, 0.15) is 16.7 Å². The van der Waals surface area contributed by atoms with Crippen LogP contribution in [-0.4, -0.2) is 22.9 Å². The van der Waals surface area contributed by atoms with E-state index < -0.39 is 5.92 Å². The Morgan fingerprint density at radius 1 is 1.43 bits per heavy atom. The van der Waals surface area contributed by atoms with Gasteiger partial charge in [0.05, 0.1) is 17.1 Å². The van der Waals surface area contributed by atoms with Crippen molar-refractivity contribution in [1.82, 2.24) is 4.98 Å². The standard InChI is InChI=1S/C15H12N2O2S2/c1-19-10-4-2-3-9(7-10)8-11-13(18)12(14(16)21-11)15-17-5-6-20-15/h2-8,12,16H,1H3. The first-order valence-corrected chi connectivity index (χ1v) is 7.94. The van der Waals surface area contributed by atoms with E-state index in [2.05, 4.69) is 4.98 Å². The van der Waals surface area contributed by atoms with Crippen LogP contribution >= 0.6 is 23.1 Å². The molecule has 1 N–H and O–H groups in total. The van der Waals surface area contributed by atoms with Crippen molar-refractivity contribution < 1.29 is 9.53 Å². The summed E-state index contributed by atoms with van der Waals surface area (Å²) in [5.41, 5.74) is 0.887. The Balaban J connectivity index is 1.91. The Morgan fingerprint density at radius 2 is 2.29 bits per heavy atom. The van der Waals surface area contributed by atoms with Crippen LogP contribution in [0.3, 0.4) is 0 Å². The molecule has 1 saturated heterocycles. The number of benzene rings is 1. The van der Waals surface area contributed by atoms with Crippen molar-refractivity contribution in [3.05, 3.63) is 51.3 Å². The maximum Gasteiger partial charge on any atom is 0.186 e. The van der Waals surface area contributed by atoms with Gasteiger partial charge in [-0.05, 0) is 23.8 Å². The number of aromatic nitrogens is 1. The van der Waals surface area contributed by atoms with Crippen LogP contribution in [0.1, 0.15) is 16.5 Å². The number of nitrogens with zero attached hydrogens (tertiary/aromatic N) is 1. The Kier molecular flexibility index (Phi) is 3.90. The molecule has 21 heavy (non-hydrogen) atoms. The number of nitrogens with one attached hydrogen (secondary N) is 1. The molecule has 2 aromatic rings. The van der Waals surface area contributed by atoms with Gasteiger partial charge in [-0.2, -0.15) is 0 Å². The van der Waals surface area contributed by atoms with Crippen molar-refractivity contribution in [2.45, 2.75) is 5.92 Å². The molecule has 1 aliphatic rings. The van der Waals surface area contributed by atoms with Gasteiger partial charge in [-0.3, -0.25) is 10.2 Å². The van der Waals surface area contributed by atoms with Crippen molar-refractivity contribution in [3.8, 4) is 5.75 Å². The van der Waals surface area contributed by atoms with E-state index in [0.717, 1.165) is 11.3 Å². The summed E-state index contributed by atoms with van der Waals surface area (Å²) >= 11 is 2.62. The lowest BCUT2D eigenvalue weighted by molar-refractivity contribution is -0.114. The number of hydrogen-bond donors (Lipinski definition) is 1. The molecule has 0 radical (unpaired) electrons. The van der Waals surface area contributed by atoms with E-state index in [0.29, 0.717) is 15.0 Å². The van der Waals surface area contributed by atoms with Crippen LogP contribution in [0.25, 0.3) is 6.08 Å². The first-order chi connectivity index (χ1) is 10.2. The highest BCUT2D eigenvalue weighted by Crippen LogP contribution is 2.41. The van der Waals surface area contributed by atoms with E-state index >= 15 is 0 Å². The molecule has 1 aromatic heterocycles. The summed E-state index contributed by atoms with van der Waals surface area (Å²) in [7, 11) is 1.61. The number of carbonyl (C=O) groups is 1. The number of thiazole rings is 1. The summed E-state index contributed by atoms with van der Waals surface area (Å²) < 4.78 is 5.18. The van der Waals surface area contributed by atoms with Crippen molar-refractivity contribution >= 4 is 40.0 Å². The second-order valence-corrected chi connectivity index (χ2v) is 6.43. The Bertz CT molecular complexity index is 723. The number of ketones is 1. The number of carbonyl (C=O) groups excluding carboxylic acids is 1. The minimum atomic E-state index is -0.535. The smallest absolute Gasteiger partial charge is 0.186 e. The minimum absolute atomic E-state index is 0.0530. The lowest BCUT2D eigenvalue weighted by Gasteiger charge is -2.02. The van der Waals surface area contributed by atoms with Gasteiger partial charge in [-0.25, -0.2) is 4.98 Å². The van der Waals surface area contributed by atoms with E-state index in [1.165, 1.54) is 23.1 Å². The molecule has 0 bridgehead atoms. The summed E-state index contributed by atoms with van der Waals surface area (Å²) in [6, 6.07) is 7.50. The van der Waals surface area contributed by atoms with Gasteiger partial charge in [-0.15, -0.1) is 11.3 Å². The van der Waals surface area contributed by atoms with Crippen molar-refractivity contribution in [2.75, 3.05) is 7.11 Å². The average molecular weight is 316 g/mol. The third-order valence-electron chi connectivity index (χ3n) is 3.08. The summed E-state index contributed by atoms with van der Waals surface area (Å²) in [5, 5.41) is 10.9. The number of thioether (sulfide) groups is 1. The maximum absolute atomic E-state index is 12.5. The van der Waals surface area contributed by atoms with Gasteiger partial charge in [0, 0.05) is 11.6 Å². The van der Waals surface area contributed by atoms with Gasteiger partial charge < -0.3 is 4.74 Å². The largest absolute Gasteiger partial charge is 0.497 e. The molecule has 106 valence electrons. The second kappa shape index (κ2) is 5.83. The van der Waals surface area contributed by atoms with Gasteiger partial charge in [0.2, 0.25) is 0 Å². The molecule has 2 heterocycles. The Hall–Kier alpha value is -1.92. The molecule has 1 aliphatic heterocycles. The molecular weight excluding hydrogens is 304 g/mol. The molecule has 0 spiro atoms. The average Bonchev–Trinajstić information content (AvgIpc) is 3.08. The number of ether oxygens (including phenoxy) is 1. The molecule has 6 heteroatoms. The summed E-state index contributed by atoms with van der Waals surface area (Å²) in [6.07, 6.45) is 3.46. The van der Waals surface area contributed by atoms with Crippen molar-refractivity contribution in [2.24, 2.45) is 0 Å². The Labute approximate surface area is 130 Å². The van der Waals surface area contributed by atoms with Crippen LogP contribution in [0.4, 0.5) is 0 Å².